The van der Waals surface area contributed by atoms with Gasteiger partial charge in [-0.3, -0.25) is 14.8 Å². The number of hydroxylamine groups is 1. The number of aromatic hydroxyl groups is 1. The van der Waals surface area contributed by atoms with Crippen molar-refractivity contribution >= 4 is 24.3 Å². The molecule has 1 amide bonds. The third-order valence-electron chi connectivity index (χ3n) is 7.71. The molecule has 0 saturated carbocycles. The summed E-state index contributed by atoms with van der Waals surface area (Å²) in [5.74, 6) is -0.0764. The van der Waals surface area contributed by atoms with Crippen LogP contribution in [0.5, 0.6) is 11.5 Å². The molecule has 1 fully saturated rings. The number of phenolic OH excluding ortho intramolecular Hbond substituents is 1. The first-order valence-corrected chi connectivity index (χ1v) is 14.6. The van der Waals surface area contributed by atoms with Gasteiger partial charge >= 0.3 is 0 Å². The molecule has 0 atom stereocenters. The Morgan fingerprint density at radius 3 is 2.38 bits per heavy atom. The average molecular weight is 640 g/mol. The van der Waals surface area contributed by atoms with Crippen LogP contribution in [-0.4, -0.2) is 59.0 Å². The minimum Gasteiger partial charge on any atom is -0.504 e. The number of ether oxygens (including phenoxy) is 1. The summed E-state index contributed by atoms with van der Waals surface area (Å²) in [6.45, 7) is 2.03. The third-order valence-corrected chi connectivity index (χ3v) is 7.71. The molecule has 0 unspecified atom stereocenters. The van der Waals surface area contributed by atoms with Crippen molar-refractivity contribution in [1.82, 2.24) is 15.8 Å². The summed E-state index contributed by atoms with van der Waals surface area (Å²) >= 11 is 0. The van der Waals surface area contributed by atoms with E-state index in [-0.39, 0.29) is 17.8 Å². The van der Waals surface area contributed by atoms with Crippen molar-refractivity contribution in [2.24, 2.45) is 0 Å². The number of nitriles is 1. The van der Waals surface area contributed by atoms with Crippen LogP contribution in [0.4, 0.5) is 10.2 Å². The molecule has 47 heavy (non-hydrogen) atoms. The maximum atomic E-state index is 14.7. The summed E-state index contributed by atoms with van der Waals surface area (Å²) in [5.41, 5.74) is 6.27. The van der Waals surface area contributed by atoms with Crippen molar-refractivity contribution in [2.45, 2.75) is 25.4 Å². The molecule has 4 aromatic rings. The standard InChI is InChI=1S/C34H32FN5O4.CH2O2/c1-44-32-10-9-25(17-31(32)41)29-21-38-33(18-28(29)24-7-8-26(19-36)30(35)16-24)40-14-12-27(13-15-40)37-20-23-4-2-22(3-5-23)6-11-34(42)39-43;2-1-3/h2-11,16-18,21,27,37,41,43H,12-15,20H2,1H3,(H,39,42);1H,(H,2,3)/b11-6+;. The van der Waals surface area contributed by atoms with Crippen molar-refractivity contribution in [3.05, 3.63) is 102 Å². The molecule has 1 aliphatic rings. The van der Waals surface area contributed by atoms with Crippen LogP contribution < -0.4 is 20.4 Å². The Hall–Kier alpha value is -5.77. The number of aromatic nitrogens is 1. The monoisotopic (exact) mass is 639 g/mol. The number of carbonyl (C=O) groups is 2. The van der Waals surface area contributed by atoms with Gasteiger partial charge in [0.05, 0.1) is 12.7 Å². The van der Waals surface area contributed by atoms with Gasteiger partial charge in [0.1, 0.15) is 17.7 Å². The van der Waals surface area contributed by atoms with Gasteiger partial charge in [0.25, 0.3) is 12.4 Å². The zero-order valence-electron chi connectivity index (χ0n) is 25.6. The van der Waals surface area contributed by atoms with E-state index in [1.54, 1.807) is 36.0 Å². The van der Waals surface area contributed by atoms with E-state index in [1.165, 1.54) is 25.3 Å². The largest absolute Gasteiger partial charge is 0.504 e. The first kappa shape index (κ1) is 34.1. The minimum absolute atomic E-state index is 0.0134. The number of nitrogens with zero attached hydrogens (tertiary/aromatic N) is 3. The van der Waals surface area contributed by atoms with Gasteiger partial charge in [-0.1, -0.05) is 36.4 Å². The summed E-state index contributed by atoms with van der Waals surface area (Å²) in [5, 5.41) is 38.7. The second-order valence-corrected chi connectivity index (χ2v) is 10.6. The molecule has 3 aromatic carbocycles. The SMILES string of the molecule is COc1ccc(-c2cnc(N3CCC(NCc4ccc(/C=C/C(=O)NO)cc4)CC3)cc2-c2ccc(C#N)c(F)c2)cc1O.O=CO. The average Bonchev–Trinajstić information content (AvgIpc) is 3.10. The number of benzene rings is 3. The van der Waals surface area contributed by atoms with Crippen LogP contribution in [0.1, 0.15) is 29.5 Å². The molecule has 0 radical (unpaired) electrons. The second-order valence-electron chi connectivity index (χ2n) is 10.6. The highest BCUT2D eigenvalue weighted by molar-refractivity contribution is 5.90. The molecule has 1 aliphatic heterocycles. The molecule has 242 valence electrons. The molecule has 0 spiro atoms. The summed E-state index contributed by atoms with van der Waals surface area (Å²) < 4.78 is 19.9. The molecule has 12 heteroatoms. The Morgan fingerprint density at radius 1 is 1.09 bits per heavy atom. The lowest BCUT2D eigenvalue weighted by molar-refractivity contribution is -0.124. The Kier molecular flexibility index (Phi) is 12.0. The number of rotatable bonds is 9. The maximum absolute atomic E-state index is 14.7. The smallest absolute Gasteiger partial charge is 0.290 e. The summed E-state index contributed by atoms with van der Waals surface area (Å²) in [6.07, 6.45) is 6.45. The van der Waals surface area contributed by atoms with E-state index in [4.69, 9.17) is 24.8 Å². The zero-order chi connectivity index (χ0) is 33.8. The number of anilines is 1. The molecule has 1 aromatic heterocycles. The number of piperidine rings is 1. The van der Waals surface area contributed by atoms with Gasteiger partial charge in [0.15, 0.2) is 11.5 Å². The van der Waals surface area contributed by atoms with Gasteiger partial charge in [-0.15, -0.1) is 0 Å². The van der Waals surface area contributed by atoms with Crippen LogP contribution in [0, 0.1) is 17.1 Å². The maximum Gasteiger partial charge on any atom is 0.290 e. The number of halogens is 1. The van der Waals surface area contributed by atoms with E-state index < -0.39 is 11.7 Å². The number of methoxy groups -OCH3 is 1. The Labute approximate surface area is 271 Å². The van der Waals surface area contributed by atoms with Crippen molar-refractivity contribution < 1.29 is 34.1 Å². The number of phenols is 1. The fraction of sp³-hybridized carbons (Fsp3) is 0.200. The lowest BCUT2D eigenvalue weighted by atomic mass is 9.95. The highest BCUT2D eigenvalue weighted by Crippen LogP contribution is 2.38. The normalized spacial score (nSPS) is 12.9. The first-order valence-electron chi connectivity index (χ1n) is 14.6. The van der Waals surface area contributed by atoms with E-state index in [0.717, 1.165) is 48.4 Å². The summed E-state index contributed by atoms with van der Waals surface area (Å²) in [4.78, 5) is 26.5. The predicted molar refractivity (Wildman–Crippen MR) is 174 cm³/mol. The van der Waals surface area contributed by atoms with E-state index in [2.05, 4.69) is 10.2 Å². The molecule has 0 bridgehead atoms. The highest BCUT2D eigenvalue weighted by Gasteiger charge is 2.22. The lowest BCUT2D eigenvalue weighted by Gasteiger charge is -2.33. The van der Waals surface area contributed by atoms with Crippen molar-refractivity contribution in [3.8, 4) is 39.8 Å². The van der Waals surface area contributed by atoms with Gasteiger partial charge in [-0.2, -0.15) is 5.26 Å². The van der Waals surface area contributed by atoms with E-state index in [9.17, 15) is 19.6 Å². The minimum atomic E-state index is -0.598. The van der Waals surface area contributed by atoms with E-state index >= 15 is 0 Å². The van der Waals surface area contributed by atoms with Gasteiger partial charge in [0, 0.05) is 43.5 Å². The number of nitrogens with one attached hydrogen (secondary N) is 2. The van der Waals surface area contributed by atoms with Gasteiger partial charge < -0.3 is 25.2 Å². The van der Waals surface area contributed by atoms with Crippen LogP contribution in [-0.2, 0) is 16.1 Å². The fourth-order valence-corrected chi connectivity index (χ4v) is 5.25. The fourth-order valence-electron chi connectivity index (χ4n) is 5.25. The Morgan fingerprint density at radius 2 is 1.77 bits per heavy atom. The summed E-state index contributed by atoms with van der Waals surface area (Å²) in [6, 6.07) is 21.6. The first-order chi connectivity index (χ1) is 22.8. The quantitative estimate of drug-likeness (QED) is 0.0718. The molecular formula is C35H34FN5O6. The number of amides is 1. The van der Waals surface area contributed by atoms with Gasteiger partial charge in [0.2, 0.25) is 0 Å². The van der Waals surface area contributed by atoms with Crippen LogP contribution in [0.25, 0.3) is 28.3 Å². The summed E-state index contributed by atoms with van der Waals surface area (Å²) in [7, 11) is 1.48. The molecule has 5 N–H and O–H groups in total. The highest BCUT2D eigenvalue weighted by atomic mass is 19.1. The second kappa shape index (κ2) is 16.5. The van der Waals surface area contributed by atoms with Crippen molar-refractivity contribution in [1.29, 1.82) is 5.26 Å². The van der Waals surface area contributed by atoms with Crippen LogP contribution in [0.3, 0.4) is 0 Å². The molecular weight excluding hydrogens is 605 g/mol. The topological polar surface area (TPSA) is 168 Å². The van der Waals surface area contributed by atoms with Crippen molar-refractivity contribution in [2.75, 3.05) is 25.1 Å². The van der Waals surface area contributed by atoms with Gasteiger partial charge in [-0.05, 0) is 77.1 Å². The number of carbonyl (C=O) groups excluding carboxylic acids is 1. The zero-order valence-corrected chi connectivity index (χ0v) is 25.6. The van der Waals surface area contributed by atoms with Crippen LogP contribution in [0.2, 0.25) is 0 Å². The number of hydrogen-bond acceptors (Lipinski definition) is 9. The Bertz CT molecular complexity index is 1770. The lowest BCUT2D eigenvalue weighted by Crippen LogP contribution is -2.42. The molecule has 11 nitrogen and oxygen atoms in total. The van der Waals surface area contributed by atoms with Crippen molar-refractivity contribution in [3.63, 3.8) is 0 Å². The predicted octanol–water partition coefficient (Wildman–Crippen LogP) is 5.12. The molecule has 0 aliphatic carbocycles. The van der Waals surface area contributed by atoms with Crippen LogP contribution in [0.15, 0.2) is 79.0 Å². The Balaban J connectivity index is 0.00000160. The number of pyridine rings is 1. The number of carboxylic acid groups (broad SMARTS) is 1. The molecule has 2 heterocycles. The number of hydrogen-bond donors (Lipinski definition) is 5. The third kappa shape index (κ3) is 8.91. The van der Waals surface area contributed by atoms with E-state index in [1.807, 2.05) is 42.5 Å². The van der Waals surface area contributed by atoms with Crippen LogP contribution >= 0.6 is 0 Å². The molecule has 1 saturated heterocycles. The van der Waals surface area contributed by atoms with E-state index in [0.29, 0.717) is 35.0 Å². The van der Waals surface area contributed by atoms with Gasteiger partial charge in [-0.25, -0.2) is 14.9 Å². The molecule has 5 rings (SSSR count).